The average Bonchev–Trinajstić information content (AvgIpc) is 3.64. The first-order valence-corrected chi connectivity index (χ1v) is 13.4. The highest BCUT2D eigenvalue weighted by molar-refractivity contribution is 7.17. The van der Waals surface area contributed by atoms with Gasteiger partial charge < -0.3 is 19.9 Å². The number of hydrogen-bond acceptors (Lipinski definition) is 8. The molecule has 5 aromatic rings. The van der Waals surface area contributed by atoms with E-state index in [9.17, 15) is 19.8 Å². The summed E-state index contributed by atoms with van der Waals surface area (Å²) in [5, 5.41) is 22.2. The number of ether oxygens (including phenoxy) is 1. The number of aromatic amines is 1. The topological polar surface area (TPSA) is 129 Å². The van der Waals surface area contributed by atoms with E-state index in [1.807, 2.05) is 48.5 Å². The molecule has 40 heavy (non-hydrogen) atoms. The van der Waals surface area contributed by atoms with Gasteiger partial charge in [-0.3, -0.25) is 14.5 Å². The summed E-state index contributed by atoms with van der Waals surface area (Å²) in [6, 6.07) is 20.3. The van der Waals surface area contributed by atoms with E-state index in [0.717, 1.165) is 5.56 Å². The van der Waals surface area contributed by atoms with Crippen LogP contribution in [0.15, 0.2) is 84.1 Å². The summed E-state index contributed by atoms with van der Waals surface area (Å²) in [5.74, 6) is -1.69. The van der Waals surface area contributed by atoms with Crippen molar-refractivity contribution in [1.82, 2.24) is 15.0 Å². The smallest absolute Gasteiger partial charge is 0.296 e. The highest BCUT2D eigenvalue weighted by Gasteiger charge is 2.46. The van der Waals surface area contributed by atoms with Gasteiger partial charge in [-0.25, -0.2) is 9.97 Å². The molecule has 0 fully saturated rings. The molecular weight excluding hydrogens is 528 g/mol. The Balaban J connectivity index is 1.50. The number of hydrogen-bond donors (Lipinski definition) is 3. The standard InChI is InChI=1S/C30H24N4O5S/c1-3-39-22-15-18(13-14-21(22)35)24-23(25(36)27-16(2)31-28(40-27)17-9-5-4-6-10-17)26(37)29(38)34(24)30-32-19-11-7-8-12-20(19)33-30/h4-15,24,35,37H,3H2,1-2H3,(H,32,33). The Morgan fingerprint density at radius 1 is 1.05 bits per heavy atom. The number of rotatable bonds is 7. The number of aliphatic hydroxyl groups is 1. The van der Waals surface area contributed by atoms with Crippen LogP contribution in [0.2, 0.25) is 0 Å². The zero-order valence-corrected chi connectivity index (χ0v) is 22.4. The van der Waals surface area contributed by atoms with Gasteiger partial charge in [0.05, 0.1) is 39.8 Å². The fourth-order valence-electron chi connectivity index (χ4n) is 4.83. The maximum atomic E-state index is 14.1. The third kappa shape index (κ3) is 4.18. The van der Waals surface area contributed by atoms with Crippen LogP contribution in [0.5, 0.6) is 11.5 Å². The number of benzene rings is 3. The highest BCUT2D eigenvalue weighted by atomic mass is 32.1. The monoisotopic (exact) mass is 552 g/mol. The lowest BCUT2D eigenvalue weighted by atomic mass is 9.95. The van der Waals surface area contributed by atoms with Crippen LogP contribution in [0.4, 0.5) is 5.95 Å². The van der Waals surface area contributed by atoms with Crippen molar-refractivity contribution in [1.29, 1.82) is 0 Å². The number of aromatic nitrogens is 3. The molecule has 0 aliphatic carbocycles. The van der Waals surface area contributed by atoms with Crippen LogP contribution in [0.1, 0.15) is 33.9 Å². The number of Topliss-reactive ketones (excluding diaryl/α,β-unsaturated/α-hetero) is 1. The molecule has 6 rings (SSSR count). The van der Waals surface area contributed by atoms with Gasteiger partial charge >= 0.3 is 0 Å². The van der Waals surface area contributed by atoms with Crippen molar-refractivity contribution in [3.63, 3.8) is 0 Å². The minimum atomic E-state index is -1.05. The zero-order valence-electron chi connectivity index (χ0n) is 21.6. The largest absolute Gasteiger partial charge is 0.504 e. The van der Waals surface area contributed by atoms with Gasteiger partial charge in [-0.05, 0) is 43.7 Å². The molecule has 1 amide bonds. The molecule has 0 saturated carbocycles. The van der Waals surface area contributed by atoms with Gasteiger partial charge in [-0.1, -0.05) is 48.5 Å². The number of nitrogens with one attached hydrogen (secondary N) is 1. The molecule has 2 aromatic heterocycles. The van der Waals surface area contributed by atoms with E-state index in [2.05, 4.69) is 15.0 Å². The van der Waals surface area contributed by atoms with Crippen molar-refractivity contribution >= 4 is 40.0 Å². The Hall–Kier alpha value is -4.96. The first-order valence-electron chi connectivity index (χ1n) is 12.6. The number of aliphatic hydroxyl groups excluding tert-OH is 1. The summed E-state index contributed by atoms with van der Waals surface area (Å²) in [5.41, 5.74) is 3.00. The molecule has 9 nitrogen and oxygen atoms in total. The van der Waals surface area contributed by atoms with Crippen molar-refractivity contribution in [3.8, 4) is 22.1 Å². The Morgan fingerprint density at radius 2 is 1.80 bits per heavy atom. The number of amides is 1. The third-order valence-electron chi connectivity index (χ3n) is 6.68. The summed E-state index contributed by atoms with van der Waals surface area (Å²) in [6.45, 7) is 3.80. The normalized spacial score (nSPS) is 15.3. The van der Waals surface area contributed by atoms with E-state index < -0.39 is 23.5 Å². The Kier molecular flexibility index (Phi) is 6.31. The summed E-state index contributed by atoms with van der Waals surface area (Å²) >= 11 is 1.20. The number of phenolic OH excluding ortho intramolecular Hbond substituents is 1. The minimum absolute atomic E-state index is 0.0860. The number of phenols is 1. The van der Waals surface area contributed by atoms with E-state index >= 15 is 0 Å². The number of anilines is 1. The van der Waals surface area contributed by atoms with E-state index in [1.54, 1.807) is 32.0 Å². The van der Waals surface area contributed by atoms with Crippen LogP contribution in [-0.2, 0) is 4.79 Å². The molecule has 200 valence electrons. The second-order valence-electron chi connectivity index (χ2n) is 9.21. The van der Waals surface area contributed by atoms with Gasteiger partial charge in [0.25, 0.3) is 5.91 Å². The Bertz CT molecular complexity index is 1770. The van der Waals surface area contributed by atoms with Crippen LogP contribution < -0.4 is 9.64 Å². The summed E-state index contributed by atoms with van der Waals surface area (Å²) < 4.78 is 5.58. The zero-order chi connectivity index (χ0) is 28.0. The molecule has 0 bridgehead atoms. The van der Waals surface area contributed by atoms with Gasteiger partial charge in [0.15, 0.2) is 17.3 Å². The molecule has 3 aromatic carbocycles. The molecule has 1 atom stereocenters. The Morgan fingerprint density at radius 3 is 2.55 bits per heavy atom. The van der Waals surface area contributed by atoms with Crippen LogP contribution >= 0.6 is 11.3 Å². The van der Waals surface area contributed by atoms with Gasteiger partial charge in [0.1, 0.15) is 5.01 Å². The summed E-state index contributed by atoms with van der Waals surface area (Å²) in [4.78, 5) is 41.6. The lowest BCUT2D eigenvalue weighted by Crippen LogP contribution is -2.32. The third-order valence-corrected chi connectivity index (χ3v) is 7.89. The molecule has 0 saturated heterocycles. The number of thiazole rings is 1. The molecule has 1 aliphatic heterocycles. The molecule has 1 aliphatic rings. The van der Waals surface area contributed by atoms with Crippen LogP contribution in [0, 0.1) is 6.92 Å². The quantitative estimate of drug-likeness (QED) is 0.215. The van der Waals surface area contributed by atoms with E-state index in [4.69, 9.17) is 4.74 Å². The molecule has 1 unspecified atom stereocenters. The number of aryl methyl sites for hydroxylation is 1. The molecule has 3 N–H and O–H groups in total. The summed E-state index contributed by atoms with van der Waals surface area (Å²) in [7, 11) is 0. The molecule has 0 spiro atoms. The number of nitrogens with zero attached hydrogens (tertiary/aromatic N) is 3. The number of carbonyl (C=O) groups excluding carboxylic acids is 2. The number of aromatic hydroxyl groups is 1. The van der Waals surface area contributed by atoms with Crippen molar-refractivity contribution in [3.05, 3.63) is 100 Å². The average molecular weight is 553 g/mol. The maximum Gasteiger partial charge on any atom is 0.296 e. The van der Waals surface area contributed by atoms with Crippen molar-refractivity contribution < 1.29 is 24.5 Å². The minimum Gasteiger partial charge on any atom is -0.504 e. The lowest BCUT2D eigenvalue weighted by molar-refractivity contribution is -0.117. The fraction of sp³-hybridized carbons (Fsp3) is 0.133. The van der Waals surface area contributed by atoms with Crippen LogP contribution in [-0.4, -0.2) is 43.5 Å². The van der Waals surface area contributed by atoms with Crippen LogP contribution in [0.25, 0.3) is 21.6 Å². The first kappa shape index (κ1) is 25.3. The van der Waals surface area contributed by atoms with Crippen molar-refractivity contribution in [2.45, 2.75) is 19.9 Å². The number of carbonyl (C=O) groups is 2. The first-order chi connectivity index (χ1) is 19.4. The number of para-hydroxylation sites is 2. The summed E-state index contributed by atoms with van der Waals surface area (Å²) in [6.07, 6.45) is 0. The SMILES string of the molecule is CCOc1cc(C2C(C(=O)c3sc(-c4ccccc4)nc3C)=C(O)C(=O)N2c2nc3ccccc3[nH]2)ccc1O. The van der Waals surface area contributed by atoms with E-state index in [0.29, 0.717) is 38.8 Å². The van der Waals surface area contributed by atoms with Crippen LogP contribution in [0.3, 0.4) is 0 Å². The van der Waals surface area contributed by atoms with Gasteiger partial charge in [0.2, 0.25) is 11.7 Å². The number of imidazole rings is 1. The van der Waals surface area contributed by atoms with Gasteiger partial charge in [-0.2, -0.15) is 0 Å². The van der Waals surface area contributed by atoms with Gasteiger partial charge in [-0.15, -0.1) is 11.3 Å². The van der Waals surface area contributed by atoms with E-state index in [-0.39, 0.29) is 23.0 Å². The highest BCUT2D eigenvalue weighted by Crippen LogP contribution is 2.44. The Labute approximate surface area is 233 Å². The number of ketones is 1. The number of H-pyrrole nitrogens is 1. The molecule has 0 radical (unpaired) electrons. The van der Waals surface area contributed by atoms with Gasteiger partial charge in [0, 0.05) is 5.56 Å². The second kappa shape index (κ2) is 9.97. The second-order valence-corrected chi connectivity index (χ2v) is 10.2. The fourth-order valence-corrected chi connectivity index (χ4v) is 5.86. The molecular formula is C30H24N4O5S. The molecule has 10 heteroatoms. The lowest BCUT2D eigenvalue weighted by Gasteiger charge is -2.25. The predicted octanol–water partition coefficient (Wildman–Crippen LogP) is 5.88. The predicted molar refractivity (Wildman–Crippen MR) is 152 cm³/mol. The maximum absolute atomic E-state index is 14.1. The van der Waals surface area contributed by atoms with Crippen molar-refractivity contribution in [2.75, 3.05) is 11.5 Å². The molecule has 3 heterocycles. The van der Waals surface area contributed by atoms with E-state index in [1.165, 1.54) is 22.3 Å². The number of fused-ring (bicyclic) bond motifs is 1. The van der Waals surface area contributed by atoms with Crippen molar-refractivity contribution in [2.24, 2.45) is 0 Å².